The van der Waals surface area contributed by atoms with Crippen LogP contribution < -0.4 is 4.31 Å². The van der Waals surface area contributed by atoms with E-state index in [1.165, 1.54) is 44.9 Å². The molecule has 0 heterocycles. The lowest BCUT2D eigenvalue weighted by Gasteiger charge is -2.21. The highest BCUT2D eigenvalue weighted by atomic mass is 32.2. The highest BCUT2D eigenvalue weighted by Gasteiger charge is 2.16. The molecule has 0 aromatic heterocycles. The van der Waals surface area contributed by atoms with Crippen LogP contribution in [0.4, 0.5) is 5.69 Å². The number of unbranched alkanes of at least 4 members (excludes halogenated alkanes) is 7. The third-order valence-electron chi connectivity index (χ3n) is 3.76. The van der Waals surface area contributed by atoms with Gasteiger partial charge in [0.2, 0.25) is 0 Å². The number of carbonyl (C=O) groups is 1. The maximum Gasteiger partial charge on any atom is 0.263 e. The Kier molecular flexibility index (Phi) is 10.5. The van der Waals surface area contributed by atoms with Gasteiger partial charge in [0, 0.05) is 11.3 Å². The number of hydrogen-bond donors (Lipinski definition) is 0. The van der Waals surface area contributed by atoms with E-state index in [1.807, 2.05) is 30.3 Å². The van der Waals surface area contributed by atoms with Crippen molar-refractivity contribution in [2.75, 3.05) is 10.1 Å². The van der Waals surface area contributed by atoms with E-state index in [0.29, 0.717) is 5.57 Å². The van der Waals surface area contributed by atoms with Crippen LogP contribution in [0.15, 0.2) is 42.5 Å². The van der Waals surface area contributed by atoms with Crippen molar-refractivity contribution in [2.24, 2.45) is 0 Å². The first kappa shape index (κ1) is 19.8. The Labute approximate surface area is 146 Å². The Morgan fingerprint density at radius 3 is 2.13 bits per heavy atom. The Balaban J connectivity index is 2.30. The number of anilines is 1. The predicted octanol–water partition coefficient (Wildman–Crippen LogP) is 6.38. The molecular weight excluding hydrogens is 302 g/mol. The largest absolute Gasteiger partial charge is 0.268 e. The van der Waals surface area contributed by atoms with Crippen molar-refractivity contribution in [2.45, 2.75) is 65.2 Å². The number of para-hydroxylation sites is 1. The fourth-order valence-corrected chi connectivity index (χ4v) is 3.44. The Morgan fingerprint density at radius 1 is 1.00 bits per heavy atom. The molecule has 0 atom stereocenters. The second-order valence-electron chi connectivity index (χ2n) is 6.02. The minimum absolute atomic E-state index is 0.000709. The van der Waals surface area contributed by atoms with Crippen LogP contribution in [0.25, 0.3) is 0 Å². The zero-order valence-electron chi connectivity index (χ0n) is 14.7. The normalized spacial score (nSPS) is 10.5. The van der Waals surface area contributed by atoms with Gasteiger partial charge in [-0.3, -0.25) is 9.10 Å². The van der Waals surface area contributed by atoms with Crippen molar-refractivity contribution in [3.63, 3.8) is 0 Å². The van der Waals surface area contributed by atoms with Gasteiger partial charge in [0.15, 0.2) is 0 Å². The van der Waals surface area contributed by atoms with E-state index in [2.05, 4.69) is 13.5 Å². The van der Waals surface area contributed by atoms with E-state index in [9.17, 15) is 4.79 Å². The molecule has 0 saturated carbocycles. The lowest BCUT2D eigenvalue weighted by Crippen LogP contribution is -2.24. The summed E-state index contributed by atoms with van der Waals surface area (Å²) in [5, 5.41) is 0. The van der Waals surface area contributed by atoms with Gasteiger partial charge < -0.3 is 0 Å². The van der Waals surface area contributed by atoms with Crippen LogP contribution in [0.3, 0.4) is 0 Å². The molecule has 128 valence electrons. The quantitative estimate of drug-likeness (QED) is 0.251. The summed E-state index contributed by atoms with van der Waals surface area (Å²) in [6, 6.07) is 9.84. The summed E-state index contributed by atoms with van der Waals surface area (Å²) in [4.78, 5) is 12.3. The van der Waals surface area contributed by atoms with Crippen LogP contribution in [-0.2, 0) is 4.79 Å². The molecule has 0 aliphatic carbocycles. The SMILES string of the molecule is C=C(C)C(=O)N(SCCCCCCCCCC)c1ccccc1. The van der Waals surface area contributed by atoms with Gasteiger partial charge in [-0.05, 0) is 37.4 Å². The number of carbonyl (C=O) groups excluding carboxylic acids is 1. The lowest BCUT2D eigenvalue weighted by molar-refractivity contribution is -0.113. The molecular formula is C20H31NOS. The lowest BCUT2D eigenvalue weighted by atomic mass is 10.1. The third-order valence-corrected chi connectivity index (χ3v) is 4.86. The topological polar surface area (TPSA) is 20.3 Å². The zero-order valence-corrected chi connectivity index (χ0v) is 15.5. The molecule has 0 saturated heterocycles. The maximum absolute atomic E-state index is 12.3. The molecule has 23 heavy (non-hydrogen) atoms. The molecule has 0 unspecified atom stereocenters. The molecule has 3 heteroatoms. The molecule has 0 radical (unpaired) electrons. The minimum atomic E-state index is 0.000709. The molecule has 1 aromatic carbocycles. The molecule has 2 nitrogen and oxygen atoms in total. The predicted molar refractivity (Wildman–Crippen MR) is 104 cm³/mol. The van der Waals surface area contributed by atoms with Gasteiger partial charge in [-0.15, -0.1) is 0 Å². The van der Waals surface area contributed by atoms with E-state index >= 15 is 0 Å². The number of amides is 1. The van der Waals surface area contributed by atoms with Crippen LogP contribution in [0.5, 0.6) is 0 Å². The van der Waals surface area contributed by atoms with Gasteiger partial charge in [0.1, 0.15) is 0 Å². The molecule has 1 rings (SSSR count). The molecule has 0 N–H and O–H groups in total. The summed E-state index contributed by atoms with van der Waals surface area (Å²) < 4.78 is 1.78. The van der Waals surface area contributed by atoms with E-state index in [1.54, 1.807) is 23.2 Å². The average molecular weight is 334 g/mol. The number of benzene rings is 1. The molecule has 0 aliphatic rings. The van der Waals surface area contributed by atoms with Crippen molar-refractivity contribution < 1.29 is 4.79 Å². The van der Waals surface area contributed by atoms with Gasteiger partial charge in [-0.2, -0.15) is 0 Å². The summed E-state index contributed by atoms with van der Waals surface area (Å²) in [5.74, 6) is 0.976. The van der Waals surface area contributed by atoms with Crippen LogP contribution >= 0.6 is 11.9 Å². The molecule has 0 fully saturated rings. The van der Waals surface area contributed by atoms with Gasteiger partial charge >= 0.3 is 0 Å². The number of rotatable bonds is 12. The van der Waals surface area contributed by atoms with Gasteiger partial charge in [0.05, 0.1) is 5.69 Å². The van der Waals surface area contributed by atoms with E-state index in [-0.39, 0.29) is 5.91 Å². The minimum Gasteiger partial charge on any atom is -0.268 e. The van der Waals surface area contributed by atoms with Gasteiger partial charge in [-0.1, -0.05) is 76.6 Å². The first-order valence-corrected chi connectivity index (χ1v) is 9.79. The van der Waals surface area contributed by atoms with Crippen molar-refractivity contribution in [3.8, 4) is 0 Å². The number of nitrogens with zero attached hydrogens (tertiary/aromatic N) is 1. The summed E-state index contributed by atoms with van der Waals surface area (Å²) in [7, 11) is 0. The van der Waals surface area contributed by atoms with Crippen LogP contribution in [0, 0.1) is 0 Å². The summed E-state index contributed by atoms with van der Waals surface area (Å²) in [6.07, 6.45) is 10.5. The Hall–Kier alpha value is -1.22. The fourth-order valence-electron chi connectivity index (χ4n) is 2.38. The van der Waals surface area contributed by atoms with Crippen LogP contribution in [0.1, 0.15) is 65.2 Å². The first-order chi connectivity index (χ1) is 11.2. The van der Waals surface area contributed by atoms with Gasteiger partial charge in [0.25, 0.3) is 5.91 Å². The highest BCUT2D eigenvalue weighted by Crippen LogP contribution is 2.25. The maximum atomic E-state index is 12.3. The van der Waals surface area contributed by atoms with Crippen molar-refractivity contribution in [1.29, 1.82) is 0 Å². The highest BCUT2D eigenvalue weighted by molar-refractivity contribution is 8.01. The second kappa shape index (κ2) is 12.2. The molecule has 1 amide bonds. The summed E-state index contributed by atoms with van der Waals surface area (Å²) in [6.45, 7) is 7.82. The summed E-state index contributed by atoms with van der Waals surface area (Å²) in [5.41, 5.74) is 1.52. The van der Waals surface area contributed by atoms with Gasteiger partial charge in [-0.25, -0.2) is 0 Å². The Morgan fingerprint density at radius 2 is 1.57 bits per heavy atom. The van der Waals surface area contributed by atoms with E-state index in [0.717, 1.165) is 17.9 Å². The van der Waals surface area contributed by atoms with Crippen LogP contribution in [0.2, 0.25) is 0 Å². The molecule has 0 aliphatic heterocycles. The zero-order chi connectivity index (χ0) is 16.9. The monoisotopic (exact) mass is 333 g/mol. The smallest absolute Gasteiger partial charge is 0.263 e. The standard InChI is InChI=1S/C20H31NOS/c1-4-5-6-7-8-9-10-14-17-23-21(20(22)18(2)3)19-15-12-11-13-16-19/h11-13,15-16H,2,4-10,14,17H2,1,3H3. The Bertz CT molecular complexity index is 458. The van der Waals surface area contributed by atoms with Crippen molar-refractivity contribution in [3.05, 3.63) is 42.5 Å². The molecule has 0 spiro atoms. The first-order valence-electron chi connectivity index (χ1n) is 8.84. The van der Waals surface area contributed by atoms with E-state index < -0.39 is 0 Å². The van der Waals surface area contributed by atoms with Crippen LogP contribution in [-0.4, -0.2) is 11.7 Å². The summed E-state index contributed by atoms with van der Waals surface area (Å²) >= 11 is 1.61. The van der Waals surface area contributed by atoms with Crippen molar-refractivity contribution in [1.82, 2.24) is 0 Å². The fraction of sp³-hybridized carbons (Fsp3) is 0.550. The average Bonchev–Trinajstić information content (AvgIpc) is 2.57. The molecule has 0 bridgehead atoms. The van der Waals surface area contributed by atoms with E-state index in [4.69, 9.17) is 0 Å². The second-order valence-corrected chi connectivity index (χ2v) is 7.06. The number of hydrogen-bond acceptors (Lipinski definition) is 2. The third kappa shape index (κ3) is 8.26. The molecule has 1 aromatic rings. The van der Waals surface area contributed by atoms with Crippen molar-refractivity contribution >= 4 is 23.5 Å².